The van der Waals surface area contributed by atoms with Crippen LogP contribution in [0.3, 0.4) is 0 Å². The molecule has 0 spiro atoms. The zero-order valence-corrected chi connectivity index (χ0v) is 10.7. The smallest absolute Gasteiger partial charge is 0.0226 e. The van der Waals surface area contributed by atoms with Gasteiger partial charge in [-0.2, -0.15) is 0 Å². The maximum absolute atomic E-state index is 5.69. The van der Waals surface area contributed by atoms with Crippen molar-refractivity contribution in [2.24, 2.45) is 5.92 Å². The third-order valence-corrected chi connectivity index (χ3v) is 3.34. The Balaban J connectivity index is 1.84. The first-order chi connectivity index (χ1) is 7.33. The number of hydrogen-bond donors (Lipinski definition) is 1. The van der Waals surface area contributed by atoms with Crippen LogP contribution in [0, 0.1) is 5.92 Å². The topological polar surface area (TPSA) is 15.3 Å². The predicted octanol–water partition coefficient (Wildman–Crippen LogP) is 2.33. The van der Waals surface area contributed by atoms with Crippen LogP contribution in [0.4, 0.5) is 0 Å². The second-order valence-corrected chi connectivity index (χ2v) is 5.07. The molecule has 1 rings (SSSR count). The quantitative estimate of drug-likeness (QED) is 0.511. The molecule has 0 aromatic heterocycles. The molecule has 1 N–H and O–H groups in total. The van der Waals surface area contributed by atoms with Crippen molar-refractivity contribution in [3.63, 3.8) is 0 Å². The van der Waals surface area contributed by atoms with Gasteiger partial charge in [-0.1, -0.05) is 6.92 Å². The normalized spacial score (nSPS) is 19.6. The zero-order valence-electron chi connectivity index (χ0n) is 9.97. The summed E-state index contributed by atoms with van der Waals surface area (Å²) in [6, 6.07) is 0. The van der Waals surface area contributed by atoms with Gasteiger partial charge in [0.1, 0.15) is 0 Å². The van der Waals surface area contributed by atoms with E-state index in [1.807, 2.05) is 0 Å². The van der Waals surface area contributed by atoms with Gasteiger partial charge < -0.3 is 10.2 Å². The van der Waals surface area contributed by atoms with E-state index in [-0.39, 0.29) is 0 Å². The third kappa shape index (κ3) is 6.39. The minimum absolute atomic E-state index is 0.717. The second-order valence-electron chi connectivity index (χ2n) is 4.69. The Kier molecular flexibility index (Phi) is 7.41. The average Bonchev–Trinajstić information content (AvgIpc) is 2.70. The van der Waals surface area contributed by atoms with Crippen LogP contribution >= 0.6 is 11.6 Å². The fraction of sp³-hybridized carbons (Fsp3) is 1.00. The second kappa shape index (κ2) is 8.37. The highest BCUT2D eigenvalue weighted by atomic mass is 35.5. The van der Waals surface area contributed by atoms with Gasteiger partial charge in [-0.3, -0.25) is 0 Å². The molecule has 2 nitrogen and oxygen atoms in total. The van der Waals surface area contributed by atoms with Crippen LogP contribution in [0.5, 0.6) is 0 Å². The molecule has 1 heterocycles. The summed E-state index contributed by atoms with van der Waals surface area (Å²) >= 11 is 5.69. The highest BCUT2D eigenvalue weighted by molar-refractivity contribution is 6.17. The molecule has 0 amide bonds. The summed E-state index contributed by atoms with van der Waals surface area (Å²) in [5, 5.41) is 3.51. The lowest BCUT2D eigenvalue weighted by Gasteiger charge is -2.15. The molecular formula is C12H25ClN2. The van der Waals surface area contributed by atoms with E-state index in [1.54, 1.807) is 0 Å². The number of alkyl halides is 1. The Morgan fingerprint density at radius 1 is 1.33 bits per heavy atom. The van der Waals surface area contributed by atoms with Gasteiger partial charge >= 0.3 is 0 Å². The number of rotatable bonds is 8. The molecule has 1 saturated heterocycles. The number of likely N-dealkylation sites (tertiary alicyclic amines) is 1. The lowest BCUT2D eigenvalue weighted by Crippen LogP contribution is -2.27. The Hall–Kier alpha value is 0.210. The Bertz CT molecular complexity index is 147. The van der Waals surface area contributed by atoms with Gasteiger partial charge in [-0.25, -0.2) is 0 Å². The lowest BCUT2D eigenvalue weighted by molar-refractivity contribution is 0.329. The molecule has 1 unspecified atom stereocenters. The Morgan fingerprint density at radius 2 is 2.07 bits per heavy atom. The molecule has 1 aliphatic rings. The molecule has 15 heavy (non-hydrogen) atoms. The largest absolute Gasteiger partial charge is 0.316 e. The first-order valence-corrected chi connectivity index (χ1v) is 6.85. The molecule has 0 bridgehead atoms. The van der Waals surface area contributed by atoms with Crippen LogP contribution in [0.25, 0.3) is 0 Å². The average molecular weight is 233 g/mol. The van der Waals surface area contributed by atoms with Gasteiger partial charge in [0.2, 0.25) is 0 Å². The van der Waals surface area contributed by atoms with Crippen molar-refractivity contribution in [2.45, 2.75) is 32.6 Å². The molecule has 1 fully saturated rings. The van der Waals surface area contributed by atoms with E-state index in [0.717, 1.165) is 25.4 Å². The van der Waals surface area contributed by atoms with Gasteiger partial charge in [-0.15, -0.1) is 11.6 Å². The molecule has 0 aromatic rings. The first-order valence-electron chi connectivity index (χ1n) is 6.32. The maximum atomic E-state index is 5.69. The predicted molar refractivity (Wildman–Crippen MR) is 67.7 cm³/mol. The molecular weight excluding hydrogens is 208 g/mol. The fourth-order valence-electron chi connectivity index (χ4n) is 2.07. The summed E-state index contributed by atoms with van der Waals surface area (Å²) in [6.45, 7) is 8.45. The molecule has 0 aromatic carbocycles. The van der Waals surface area contributed by atoms with Gasteiger partial charge in [0, 0.05) is 5.88 Å². The van der Waals surface area contributed by atoms with Crippen LogP contribution in [0.15, 0.2) is 0 Å². The zero-order chi connectivity index (χ0) is 10.9. The van der Waals surface area contributed by atoms with E-state index >= 15 is 0 Å². The highest BCUT2D eigenvalue weighted by Crippen LogP contribution is 2.07. The summed E-state index contributed by atoms with van der Waals surface area (Å²) in [4.78, 5) is 2.57. The molecule has 0 aliphatic carbocycles. The standard InChI is InChI=1S/C12H25ClN2/c1-12(5-6-13)11-14-7-4-10-15-8-2-3-9-15/h12,14H,2-11H2,1H3. The van der Waals surface area contributed by atoms with E-state index in [1.165, 1.54) is 38.9 Å². The van der Waals surface area contributed by atoms with Crippen LogP contribution in [-0.4, -0.2) is 43.5 Å². The summed E-state index contributed by atoms with van der Waals surface area (Å²) in [6.07, 6.45) is 5.22. The number of nitrogens with zero attached hydrogens (tertiary/aromatic N) is 1. The highest BCUT2D eigenvalue weighted by Gasteiger charge is 2.09. The van der Waals surface area contributed by atoms with E-state index in [4.69, 9.17) is 11.6 Å². The van der Waals surface area contributed by atoms with E-state index < -0.39 is 0 Å². The SMILES string of the molecule is CC(CCCl)CNCCCN1CCCC1. The fourth-order valence-corrected chi connectivity index (χ4v) is 2.44. The molecule has 3 heteroatoms. The van der Waals surface area contributed by atoms with Crippen molar-refractivity contribution in [1.29, 1.82) is 0 Å². The lowest BCUT2D eigenvalue weighted by atomic mass is 10.1. The van der Waals surface area contributed by atoms with E-state index in [2.05, 4.69) is 17.1 Å². The summed E-state index contributed by atoms with van der Waals surface area (Å²) in [7, 11) is 0. The van der Waals surface area contributed by atoms with Crippen molar-refractivity contribution in [3.8, 4) is 0 Å². The van der Waals surface area contributed by atoms with Crippen molar-refractivity contribution in [1.82, 2.24) is 10.2 Å². The summed E-state index contributed by atoms with van der Waals surface area (Å²) in [5.41, 5.74) is 0. The molecule has 0 saturated carbocycles. The van der Waals surface area contributed by atoms with Crippen molar-refractivity contribution in [3.05, 3.63) is 0 Å². The van der Waals surface area contributed by atoms with E-state index in [0.29, 0.717) is 5.92 Å². The van der Waals surface area contributed by atoms with Crippen LogP contribution < -0.4 is 5.32 Å². The number of halogens is 1. The van der Waals surface area contributed by atoms with Crippen molar-refractivity contribution >= 4 is 11.6 Å². The molecule has 0 radical (unpaired) electrons. The van der Waals surface area contributed by atoms with Crippen molar-refractivity contribution < 1.29 is 0 Å². The maximum Gasteiger partial charge on any atom is 0.0226 e. The Morgan fingerprint density at radius 3 is 2.73 bits per heavy atom. The Labute approximate surface area is 99.4 Å². The van der Waals surface area contributed by atoms with Gasteiger partial charge in [0.15, 0.2) is 0 Å². The van der Waals surface area contributed by atoms with Crippen LogP contribution in [-0.2, 0) is 0 Å². The molecule has 1 atom stereocenters. The van der Waals surface area contributed by atoms with Crippen LogP contribution in [0.2, 0.25) is 0 Å². The monoisotopic (exact) mass is 232 g/mol. The molecule has 90 valence electrons. The van der Waals surface area contributed by atoms with Crippen molar-refractivity contribution in [2.75, 3.05) is 38.6 Å². The first kappa shape index (κ1) is 13.3. The number of hydrogen-bond acceptors (Lipinski definition) is 2. The number of nitrogens with one attached hydrogen (secondary N) is 1. The summed E-state index contributed by atoms with van der Waals surface area (Å²) in [5.74, 6) is 1.51. The van der Waals surface area contributed by atoms with E-state index in [9.17, 15) is 0 Å². The van der Waals surface area contributed by atoms with Crippen LogP contribution in [0.1, 0.15) is 32.6 Å². The minimum atomic E-state index is 0.717. The van der Waals surface area contributed by atoms with Gasteiger partial charge in [0.05, 0.1) is 0 Å². The third-order valence-electron chi connectivity index (χ3n) is 3.12. The van der Waals surface area contributed by atoms with Gasteiger partial charge in [0.25, 0.3) is 0 Å². The molecule has 1 aliphatic heterocycles. The minimum Gasteiger partial charge on any atom is -0.316 e. The summed E-state index contributed by atoms with van der Waals surface area (Å²) < 4.78 is 0. The van der Waals surface area contributed by atoms with Gasteiger partial charge in [-0.05, 0) is 64.3 Å².